The largest absolute Gasteiger partial charge is 0.454 e. The van der Waals surface area contributed by atoms with Gasteiger partial charge >= 0.3 is 0 Å². The minimum atomic E-state index is -0.309. The predicted molar refractivity (Wildman–Crippen MR) is 65.4 cm³/mol. The molecule has 0 amide bonds. The number of hydrogen-bond acceptors (Lipinski definition) is 5. The van der Waals surface area contributed by atoms with Crippen LogP contribution in [0.1, 0.15) is 10.4 Å². The van der Waals surface area contributed by atoms with Crippen LogP contribution in [0.15, 0.2) is 41.3 Å². The van der Waals surface area contributed by atoms with Crippen LogP contribution in [-0.4, -0.2) is 22.4 Å². The second-order valence-electron chi connectivity index (χ2n) is 4.01. The summed E-state index contributed by atoms with van der Waals surface area (Å²) in [6.45, 7) is 0.0615. The molecule has 2 heterocycles. The lowest BCUT2D eigenvalue weighted by molar-refractivity contribution is 0.0965. The van der Waals surface area contributed by atoms with Gasteiger partial charge in [0.1, 0.15) is 6.54 Å². The van der Waals surface area contributed by atoms with Crippen molar-refractivity contribution in [3.63, 3.8) is 0 Å². The highest BCUT2D eigenvalue weighted by Crippen LogP contribution is 2.32. The molecule has 0 N–H and O–H groups in total. The van der Waals surface area contributed by atoms with Crippen LogP contribution in [0.4, 0.5) is 0 Å². The number of carbonyl (C=O) groups is 1. The molecule has 6 nitrogen and oxygen atoms in total. The first-order valence-corrected chi connectivity index (χ1v) is 5.69. The molecule has 3 rings (SSSR count). The van der Waals surface area contributed by atoms with Crippen molar-refractivity contribution in [2.45, 2.75) is 6.54 Å². The number of aromatic nitrogens is 2. The lowest BCUT2D eigenvalue weighted by Crippen LogP contribution is -2.25. The van der Waals surface area contributed by atoms with E-state index in [-0.39, 0.29) is 24.7 Å². The van der Waals surface area contributed by atoms with Gasteiger partial charge in [-0.25, -0.2) is 4.68 Å². The molecule has 0 atom stereocenters. The van der Waals surface area contributed by atoms with E-state index in [4.69, 9.17) is 9.47 Å². The minimum Gasteiger partial charge on any atom is -0.454 e. The highest BCUT2D eigenvalue weighted by Gasteiger charge is 2.16. The SMILES string of the molecule is O=C(Cn1ncccc1=O)c1ccc2c(c1)OCO2. The van der Waals surface area contributed by atoms with E-state index >= 15 is 0 Å². The number of fused-ring (bicyclic) bond motifs is 1. The molecule has 1 aliphatic heterocycles. The third-order valence-corrected chi connectivity index (χ3v) is 2.77. The van der Waals surface area contributed by atoms with Crippen molar-refractivity contribution in [2.24, 2.45) is 0 Å². The first kappa shape index (κ1) is 11.5. The topological polar surface area (TPSA) is 70.4 Å². The van der Waals surface area contributed by atoms with Crippen LogP contribution in [0, 0.1) is 0 Å². The molecule has 0 saturated carbocycles. The van der Waals surface area contributed by atoms with Gasteiger partial charge in [-0.15, -0.1) is 0 Å². The average molecular weight is 258 g/mol. The van der Waals surface area contributed by atoms with Crippen molar-refractivity contribution in [3.05, 3.63) is 52.4 Å². The Morgan fingerprint density at radius 1 is 1.26 bits per heavy atom. The lowest BCUT2D eigenvalue weighted by Gasteiger charge is -2.04. The Hall–Kier alpha value is -2.63. The summed E-state index contributed by atoms with van der Waals surface area (Å²) in [6.07, 6.45) is 1.47. The van der Waals surface area contributed by atoms with Gasteiger partial charge < -0.3 is 9.47 Å². The van der Waals surface area contributed by atoms with Crippen molar-refractivity contribution >= 4 is 5.78 Å². The normalized spacial score (nSPS) is 12.4. The summed E-state index contributed by atoms with van der Waals surface area (Å²) < 4.78 is 11.5. The molecule has 0 radical (unpaired) electrons. The Balaban J connectivity index is 1.85. The third kappa shape index (κ3) is 2.20. The maximum Gasteiger partial charge on any atom is 0.267 e. The van der Waals surface area contributed by atoms with Crippen LogP contribution in [-0.2, 0) is 6.54 Å². The first-order chi connectivity index (χ1) is 9.24. The summed E-state index contributed by atoms with van der Waals surface area (Å²) in [5.41, 5.74) is 0.151. The Morgan fingerprint density at radius 3 is 2.95 bits per heavy atom. The Morgan fingerprint density at radius 2 is 2.11 bits per heavy atom. The fourth-order valence-electron chi connectivity index (χ4n) is 1.80. The van der Waals surface area contributed by atoms with E-state index in [0.29, 0.717) is 17.1 Å². The van der Waals surface area contributed by atoms with Crippen LogP contribution in [0.2, 0.25) is 0 Å². The van der Waals surface area contributed by atoms with E-state index in [9.17, 15) is 9.59 Å². The average Bonchev–Trinajstić information content (AvgIpc) is 2.88. The molecule has 0 aliphatic carbocycles. The quantitative estimate of drug-likeness (QED) is 0.763. The van der Waals surface area contributed by atoms with Gasteiger partial charge in [0.05, 0.1) is 0 Å². The van der Waals surface area contributed by atoms with E-state index in [2.05, 4.69) is 5.10 Å². The van der Waals surface area contributed by atoms with Crippen LogP contribution in [0.5, 0.6) is 11.5 Å². The maximum atomic E-state index is 12.1. The molecule has 19 heavy (non-hydrogen) atoms. The summed E-state index contributed by atoms with van der Waals surface area (Å²) in [5.74, 6) is 0.949. The molecule has 0 fully saturated rings. The zero-order chi connectivity index (χ0) is 13.2. The van der Waals surface area contributed by atoms with Crippen LogP contribution in [0.3, 0.4) is 0 Å². The lowest BCUT2D eigenvalue weighted by atomic mass is 10.1. The molecular formula is C13H10N2O4. The smallest absolute Gasteiger partial charge is 0.267 e. The molecule has 1 aliphatic rings. The van der Waals surface area contributed by atoms with Gasteiger partial charge in [0.25, 0.3) is 5.56 Å². The van der Waals surface area contributed by atoms with E-state index in [1.807, 2.05) is 0 Å². The Labute approximate surface area is 108 Å². The van der Waals surface area contributed by atoms with E-state index < -0.39 is 0 Å². The van der Waals surface area contributed by atoms with Crippen LogP contribution < -0.4 is 15.0 Å². The summed E-state index contributed by atoms with van der Waals surface area (Å²) in [7, 11) is 0. The maximum absolute atomic E-state index is 12.1. The van der Waals surface area contributed by atoms with Crippen molar-refractivity contribution in [3.8, 4) is 11.5 Å². The van der Waals surface area contributed by atoms with Gasteiger partial charge in [0.15, 0.2) is 17.3 Å². The van der Waals surface area contributed by atoms with Crippen LogP contribution >= 0.6 is 0 Å². The molecule has 0 saturated heterocycles. The fourth-order valence-corrected chi connectivity index (χ4v) is 1.80. The molecule has 2 aromatic rings. The summed E-state index contributed by atoms with van der Waals surface area (Å²) >= 11 is 0. The van der Waals surface area contributed by atoms with E-state index in [1.54, 1.807) is 18.2 Å². The van der Waals surface area contributed by atoms with Crippen molar-refractivity contribution in [2.75, 3.05) is 6.79 Å². The highest BCUT2D eigenvalue weighted by molar-refractivity contribution is 5.96. The zero-order valence-electron chi connectivity index (χ0n) is 9.91. The second-order valence-corrected chi connectivity index (χ2v) is 4.01. The van der Waals surface area contributed by atoms with Crippen molar-refractivity contribution < 1.29 is 14.3 Å². The Kier molecular flexibility index (Phi) is 2.75. The monoisotopic (exact) mass is 258 g/mol. The number of carbonyl (C=O) groups excluding carboxylic acids is 1. The number of Topliss-reactive ketones (excluding diaryl/α,β-unsaturated/α-hetero) is 1. The van der Waals surface area contributed by atoms with Crippen molar-refractivity contribution in [1.82, 2.24) is 9.78 Å². The van der Waals surface area contributed by atoms with Gasteiger partial charge in [-0.3, -0.25) is 9.59 Å². The van der Waals surface area contributed by atoms with Gasteiger partial charge in [-0.05, 0) is 24.3 Å². The number of ketones is 1. The minimum absolute atomic E-state index is 0.0979. The van der Waals surface area contributed by atoms with Crippen LogP contribution in [0.25, 0.3) is 0 Å². The number of rotatable bonds is 3. The zero-order valence-corrected chi connectivity index (χ0v) is 9.91. The molecule has 0 unspecified atom stereocenters. The second kappa shape index (κ2) is 4.56. The molecule has 1 aromatic carbocycles. The molecular weight excluding hydrogens is 248 g/mol. The molecule has 1 aromatic heterocycles. The predicted octanol–water partition coefficient (Wildman–Crippen LogP) is 0.855. The summed E-state index contributed by atoms with van der Waals surface area (Å²) in [6, 6.07) is 7.82. The fraction of sp³-hybridized carbons (Fsp3) is 0.154. The first-order valence-electron chi connectivity index (χ1n) is 5.69. The number of nitrogens with zero attached hydrogens (tertiary/aromatic N) is 2. The number of benzene rings is 1. The van der Waals surface area contributed by atoms with Gasteiger partial charge in [-0.2, -0.15) is 5.10 Å². The van der Waals surface area contributed by atoms with Crippen molar-refractivity contribution in [1.29, 1.82) is 0 Å². The molecule has 6 heteroatoms. The summed E-state index contributed by atoms with van der Waals surface area (Å²) in [4.78, 5) is 23.5. The number of hydrogen-bond donors (Lipinski definition) is 0. The van der Waals surface area contributed by atoms with Gasteiger partial charge in [-0.1, -0.05) is 0 Å². The molecule has 96 valence electrons. The van der Waals surface area contributed by atoms with Gasteiger partial charge in [0.2, 0.25) is 6.79 Å². The third-order valence-electron chi connectivity index (χ3n) is 2.77. The van der Waals surface area contributed by atoms with E-state index in [0.717, 1.165) is 4.68 Å². The molecule has 0 spiro atoms. The van der Waals surface area contributed by atoms with Gasteiger partial charge in [0, 0.05) is 17.8 Å². The Bertz CT molecular complexity index is 693. The van der Waals surface area contributed by atoms with E-state index in [1.165, 1.54) is 18.3 Å². The molecule has 0 bridgehead atoms. The number of ether oxygens (including phenoxy) is 2. The standard InChI is InChI=1S/C13H10N2O4/c16-10(7-15-13(17)2-1-5-14-15)9-3-4-11-12(6-9)19-8-18-11/h1-6H,7-8H2. The highest BCUT2D eigenvalue weighted by atomic mass is 16.7. The summed E-state index contributed by atoms with van der Waals surface area (Å²) in [5, 5.41) is 3.84.